The van der Waals surface area contributed by atoms with Gasteiger partial charge in [0.25, 0.3) is 0 Å². The predicted octanol–water partition coefficient (Wildman–Crippen LogP) is -1.20. The summed E-state index contributed by atoms with van der Waals surface area (Å²) in [6.07, 6.45) is 0.212. The molecule has 0 saturated heterocycles. The number of rotatable bonds is 16. The normalized spacial score (nSPS) is 13.9. The molecule has 0 fully saturated rings. The number of aliphatic carboxylic acids is 3. The lowest BCUT2D eigenvalue weighted by Gasteiger charge is -2.24. The van der Waals surface area contributed by atoms with E-state index in [1.54, 1.807) is 36.6 Å². The Bertz CT molecular complexity index is 945. The molecule has 0 bridgehead atoms. The minimum atomic E-state index is -1.64. The van der Waals surface area contributed by atoms with Crippen molar-refractivity contribution in [3.8, 4) is 0 Å². The van der Waals surface area contributed by atoms with Gasteiger partial charge >= 0.3 is 17.9 Å². The van der Waals surface area contributed by atoms with Gasteiger partial charge in [0, 0.05) is 6.42 Å². The molecule has 0 saturated carbocycles. The summed E-state index contributed by atoms with van der Waals surface area (Å²) < 4.78 is 0. The van der Waals surface area contributed by atoms with Crippen molar-refractivity contribution in [2.24, 2.45) is 5.73 Å². The average molecular weight is 527 g/mol. The molecule has 0 aliphatic carbocycles. The van der Waals surface area contributed by atoms with Gasteiger partial charge in [0.05, 0.1) is 18.9 Å². The van der Waals surface area contributed by atoms with Crippen LogP contribution in [0.2, 0.25) is 0 Å². The quantitative estimate of drug-likeness (QED) is 0.135. The van der Waals surface area contributed by atoms with E-state index < -0.39 is 72.6 Å². The van der Waals surface area contributed by atoms with Crippen LogP contribution in [0.3, 0.4) is 0 Å². The number of carboxylic acid groups (broad SMARTS) is 3. The van der Waals surface area contributed by atoms with Crippen molar-refractivity contribution >= 4 is 47.4 Å². The Labute approximate surface area is 211 Å². The molecule has 198 valence electrons. The number of nitrogens with two attached hydrogens (primary N) is 1. The molecule has 8 N–H and O–H groups in total. The molecule has 0 aliphatic heterocycles. The molecule has 0 spiro atoms. The first-order chi connectivity index (χ1) is 16.9. The second-order valence-electron chi connectivity index (χ2n) is 7.80. The number of carboxylic acids is 3. The van der Waals surface area contributed by atoms with Crippen LogP contribution in [0.15, 0.2) is 30.3 Å². The van der Waals surface area contributed by atoms with Crippen LogP contribution in [0.1, 0.15) is 24.8 Å². The van der Waals surface area contributed by atoms with Crippen molar-refractivity contribution in [1.29, 1.82) is 0 Å². The Hall–Kier alpha value is -3.65. The highest BCUT2D eigenvalue weighted by molar-refractivity contribution is 7.98. The fourth-order valence-corrected chi connectivity index (χ4v) is 3.51. The Kier molecular flexibility index (Phi) is 13.0. The molecule has 14 heteroatoms. The van der Waals surface area contributed by atoms with Crippen molar-refractivity contribution < 1.29 is 44.1 Å². The SMILES string of the molecule is CSCCC(NC(=O)C(N)CC(=O)O)C(=O)NC(CC(=O)O)C(=O)NC(Cc1ccccc1)C(=O)O. The van der Waals surface area contributed by atoms with Crippen molar-refractivity contribution in [2.45, 2.75) is 49.9 Å². The van der Waals surface area contributed by atoms with E-state index in [2.05, 4.69) is 16.0 Å². The molecule has 36 heavy (non-hydrogen) atoms. The number of carbonyl (C=O) groups excluding carboxylic acids is 3. The zero-order valence-corrected chi connectivity index (χ0v) is 20.3. The molecular formula is C22H30N4O9S. The minimum absolute atomic E-state index is 0.0751. The van der Waals surface area contributed by atoms with Gasteiger partial charge in [0.15, 0.2) is 0 Å². The maximum atomic E-state index is 12.9. The second-order valence-corrected chi connectivity index (χ2v) is 8.78. The first-order valence-electron chi connectivity index (χ1n) is 10.8. The van der Waals surface area contributed by atoms with E-state index in [1.165, 1.54) is 11.8 Å². The van der Waals surface area contributed by atoms with Gasteiger partial charge in [-0.3, -0.25) is 24.0 Å². The Morgan fingerprint density at radius 2 is 1.33 bits per heavy atom. The van der Waals surface area contributed by atoms with E-state index in [4.69, 9.17) is 10.8 Å². The molecular weight excluding hydrogens is 496 g/mol. The summed E-state index contributed by atoms with van der Waals surface area (Å²) in [6, 6.07) is 2.72. The van der Waals surface area contributed by atoms with Crippen molar-refractivity contribution in [2.75, 3.05) is 12.0 Å². The molecule has 1 aromatic rings. The van der Waals surface area contributed by atoms with E-state index in [0.717, 1.165) is 0 Å². The topological polar surface area (TPSA) is 225 Å². The fraction of sp³-hybridized carbons (Fsp3) is 0.455. The molecule has 4 unspecified atom stereocenters. The lowest BCUT2D eigenvalue weighted by atomic mass is 10.0. The van der Waals surface area contributed by atoms with Crippen molar-refractivity contribution in [3.05, 3.63) is 35.9 Å². The third-order valence-corrected chi connectivity index (χ3v) is 5.53. The zero-order chi connectivity index (χ0) is 27.3. The third-order valence-electron chi connectivity index (χ3n) is 4.88. The van der Waals surface area contributed by atoms with Crippen LogP contribution in [0.4, 0.5) is 0 Å². The Morgan fingerprint density at radius 3 is 1.86 bits per heavy atom. The third kappa shape index (κ3) is 11.2. The highest BCUT2D eigenvalue weighted by Gasteiger charge is 2.31. The summed E-state index contributed by atoms with van der Waals surface area (Å²) in [5, 5.41) is 34.3. The van der Waals surface area contributed by atoms with Gasteiger partial charge in [0.1, 0.15) is 18.1 Å². The van der Waals surface area contributed by atoms with E-state index in [1.807, 2.05) is 0 Å². The molecule has 0 aliphatic rings. The van der Waals surface area contributed by atoms with E-state index in [9.17, 15) is 39.0 Å². The van der Waals surface area contributed by atoms with Gasteiger partial charge in [-0.2, -0.15) is 11.8 Å². The minimum Gasteiger partial charge on any atom is -0.481 e. The largest absolute Gasteiger partial charge is 0.481 e. The van der Waals surface area contributed by atoms with Crippen molar-refractivity contribution in [3.63, 3.8) is 0 Å². The number of carbonyl (C=O) groups is 6. The molecule has 0 aromatic heterocycles. The molecule has 4 atom stereocenters. The van der Waals surface area contributed by atoms with Crippen LogP contribution < -0.4 is 21.7 Å². The fourth-order valence-electron chi connectivity index (χ4n) is 3.04. The molecule has 0 radical (unpaired) electrons. The number of hydrogen-bond acceptors (Lipinski definition) is 8. The van der Waals surface area contributed by atoms with Gasteiger partial charge in [-0.05, 0) is 24.0 Å². The molecule has 1 aromatic carbocycles. The van der Waals surface area contributed by atoms with Gasteiger partial charge < -0.3 is 37.0 Å². The van der Waals surface area contributed by atoms with E-state index in [0.29, 0.717) is 11.3 Å². The van der Waals surface area contributed by atoms with Crippen LogP contribution in [0.25, 0.3) is 0 Å². The number of hydrogen-bond donors (Lipinski definition) is 7. The summed E-state index contributed by atoms with van der Waals surface area (Å²) >= 11 is 1.35. The number of nitrogens with one attached hydrogen (secondary N) is 3. The van der Waals surface area contributed by atoms with Gasteiger partial charge in [-0.25, -0.2) is 4.79 Å². The van der Waals surface area contributed by atoms with E-state index >= 15 is 0 Å². The maximum Gasteiger partial charge on any atom is 0.326 e. The Balaban J connectivity index is 2.99. The van der Waals surface area contributed by atoms with Crippen LogP contribution >= 0.6 is 11.8 Å². The summed E-state index contributed by atoms with van der Waals surface area (Å²) in [6.45, 7) is 0. The summed E-state index contributed by atoms with van der Waals surface area (Å²) in [4.78, 5) is 71.6. The standard InChI is InChI=1S/C22H30N4O9S/c1-36-8-7-14(24-19(31)13(23)10-17(27)28)20(32)25-15(11-18(29)30)21(33)26-16(22(34)35)9-12-5-3-2-4-6-12/h2-6,13-16H,7-11,23H2,1H3,(H,24,31)(H,25,32)(H,26,33)(H,27,28)(H,29,30)(H,34,35). The highest BCUT2D eigenvalue weighted by Crippen LogP contribution is 2.07. The highest BCUT2D eigenvalue weighted by atomic mass is 32.2. The van der Waals surface area contributed by atoms with E-state index in [-0.39, 0.29) is 12.8 Å². The second kappa shape index (κ2) is 15.4. The molecule has 0 heterocycles. The lowest BCUT2D eigenvalue weighted by Crippen LogP contribution is -2.57. The molecule has 1 rings (SSSR count). The van der Waals surface area contributed by atoms with Crippen molar-refractivity contribution in [1.82, 2.24) is 16.0 Å². The smallest absolute Gasteiger partial charge is 0.326 e. The summed E-state index contributed by atoms with van der Waals surface area (Å²) in [7, 11) is 0. The molecule has 13 nitrogen and oxygen atoms in total. The van der Waals surface area contributed by atoms with Crippen LogP contribution in [0.5, 0.6) is 0 Å². The zero-order valence-electron chi connectivity index (χ0n) is 19.5. The van der Waals surface area contributed by atoms with Crippen LogP contribution in [-0.4, -0.2) is 87.1 Å². The summed E-state index contributed by atoms with van der Waals surface area (Å²) in [5.74, 6) is -6.57. The number of amides is 3. The predicted molar refractivity (Wildman–Crippen MR) is 129 cm³/mol. The summed E-state index contributed by atoms with van der Waals surface area (Å²) in [5.41, 5.74) is 6.14. The number of thioether (sulfide) groups is 1. The van der Waals surface area contributed by atoms with Crippen LogP contribution in [0, 0.1) is 0 Å². The Morgan fingerprint density at radius 1 is 0.806 bits per heavy atom. The average Bonchev–Trinajstić information content (AvgIpc) is 2.80. The monoisotopic (exact) mass is 526 g/mol. The van der Waals surface area contributed by atoms with Gasteiger partial charge in [-0.1, -0.05) is 30.3 Å². The van der Waals surface area contributed by atoms with Gasteiger partial charge in [-0.15, -0.1) is 0 Å². The number of benzene rings is 1. The van der Waals surface area contributed by atoms with Gasteiger partial charge in [0.2, 0.25) is 17.7 Å². The molecule has 3 amide bonds. The maximum absolute atomic E-state index is 12.9. The first kappa shape index (κ1) is 30.4. The first-order valence-corrected chi connectivity index (χ1v) is 12.2. The van der Waals surface area contributed by atoms with Crippen LogP contribution in [-0.2, 0) is 35.2 Å². The lowest BCUT2D eigenvalue weighted by molar-refractivity contribution is -0.143.